The van der Waals surface area contributed by atoms with Gasteiger partial charge >= 0.3 is 5.97 Å². The lowest BCUT2D eigenvalue weighted by Crippen LogP contribution is -2.40. The van der Waals surface area contributed by atoms with Gasteiger partial charge in [0.1, 0.15) is 11.6 Å². The van der Waals surface area contributed by atoms with Crippen LogP contribution in [0.1, 0.15) is 31.7 Å². The van der Waals surface area contributed by atoms with Gasteiger partial charge in [-0.25, -0.2) is 4.79 Å². The van der Waals surface area contributed by atoms with Crippen molar-refractivity contribution in [2.75, 3.05) is 19.7 Å². The van der Waals surface area contributed by atoms with E-state index in [0.717, 1.165) is 65.9 Å². The van der Waals surface area contributed by atoms with Crippen molar-refractivity contribution in [1.29, 1.82) is 0 Å². The molecule has 2 atom stereocenters. The van der Waals surface area contributed by atoms with Gasteiger partial charge in [0.05, 0.1) is 24.3 Å². The van der Waals surface area contributed by atoms with Gasteiger partial charge in [-0.2, -0.15) is 0 Å². The second kappa shape index (κ2) is 9.85. The van der Waals surface area contributed by atoms with Crippen molar-refractivity contribution in [1.82, 2.24) is 10.6 Å². The van der Waals surface area contributed by atoms with Crippen molar-refractivity contribution in [3.05, 3.63) is 77.4 Å². The molecule has 0 saturated carbocycles. The van der Waals surface area contributed by atoms with Crippen LogP contribution in [-0.2, 0) is 4.79 Å². The van der Waals surface area contributed by atoms with Crippen molar-refractivity contribution in [3.8, 4) is 16.9 Å². The molecule has 2 aromatic carbocycles. The maximum atomic E-state index is 11.7. The lowest BCUT2D eigenvalue weighted by atomic mass is 9.92. The van der Waals surface area contributed by atoms with Crippen LogP contribution in [-0.4, -0.2) is 48.7 Å². The molecular formula is C28H31N3O3. The van der Waals surface area contributed by atoms with Crippen LogP contribution in [0.5, 0.6) is 5.75 Å². The number of carbonyl (C=O) groups is 1. The Balaban J connectivity index is 1.24. The number of carboxylic acids is 1. The van der Waals surface area contributed by atoms with Gasteiger partial charge in [-0.3, -0.25) is 4.99 Å². The predicted molar refractivity (Wildman–Crippen MR) is 134 cm³/mol. The summed E-state index contributed by atoms with van der Waals surface area (Å²) >= 11 is 0. The molecule has 2 unspecified atom stereocenters. The van der Waals surface area contributed by atoms with Crippen LogP contribution in [0, 0.1) is 5.92 Å². The summed E-state index contributed by atoms with van der Waals surface area (Å²) in [6, 6.07) is 15.9. The lowest BCUT2D eigenvalue weighted by Gasteiger charge is -2.22. The van der Waals surface area contributed by atoms with E-state index in [9.17, 15) is 9.90 Å². The van der Waals surface area contributed by atoms with E-state index < -0.39 is 5.97 Å². The van der Waals surface area contributed by atoms with E-state index in [0.29, 0.717) is 5.57 Å². The topological polar surface area (TPSA) is 83.0 Å². The first-order valence-electron chi connectivity index (χ1n) is 12.1. The van der Waals surface area contributed by atoms with E-state index in [4.69, 9.17) is 9.73 Å². The van der Waals surface area contributed by atoms with Gasteiger partial charge in [0, 0.05) is 5.56 Å². The van der Waals surface area contributed by atoms with E-state index >= 15 is 0 Å². The van der Waals surface area contributed by atoms with Crippen LogP contribution in [0.2, 0.25) is 0 Å². The molecule has 1 aliphatic carbocycles. The van der Waals surface area contributed by atoms with E-state index in [1.807, 2.05) is 37.3 Å². The number of nitrogens with one attached hydrogen (secondary N) is 2. The number of benzene rings is 2. The summed E-state index contributed by atoms with van der Waals surface area (Å²) in [6.07, 6.45) is 7.31. The summed E-state index contributed by atoms with van der Waals surface area (Å²) in [5.74, 6) is 1.49. The fraction of sp³-hybridized carbons (Fsp3) is 0.357. The smallest absolute Gasteiger partial charge is 0.333 e. The minimum absolute atomic E-state index is 0.190. The molecule has 2 heterocycles. The molecule has 1 saturated heterocycles. The summed E-state index contributed by atoms with van der Waals surface area (Å²) in [7, 11) is 0. The lowest BCUT2D eigenvalue weighted by molar-refractivity contribution is -0.133. The Labute approximate surface area is 200 Å². The third-order valence-corrected chi connectivity index (χ3v) is 6.89. The van der Waals surface area contributed by atoms with Gasteiger partial charge in [-0.15, -0.1) is 0 Å². The normalized spacial score (nSPS) is 22.2. The molecule has 3 aliphatic rings. The Kier molecular flexibility index (Phi) is 6.50. The quantitative estimate of drug-likeness (QED) is 0.581. The van der Waals surface area contributed by atoms with Crippen LogP contribution in [0.25, 0.3) is 11.1 Å². The molecule has 5 rings (SSSR count). The first-order valence-corrected chi connectivity index (χ1v) is 12.1. The molecule has 0 radical (unpaired) electrons. The predicted octanol–water partition coefficient (Wildman–Crippen LogP) is 4.18. The van der Waals surface area contributed by atoms with E-state index in [-0.39, 0.29) is 12.1 Å². The third-order valence-electron chi connectivity index (χ3n) is 6.89. The minimum atomic E-state index is -0.903. The number of hydrogen-bond acceptors (Lipinski definition) is 5. The summed E-state index contributed by atoms with van der Waals surface area (Å²) in [4.78, 5) is 16.4. The Morgan fingerprint density at radius 2 is 1.85 bits per heavy atom. The zero-order chi connectivity index (χ0) is 23.5. The van der Waals surface area contributed by atoms with E-state index in [1.54, 1.807) is 6.08 Å². The van der Waals surface area contributed by atoms with E-state index in [2.05, 4.69) is 34.9 Å². The van der Waals surface area contributed by atoms with Gasteiger partial charge < -0.3 is 20.5 Å². The van der Waals surface area contributed by atoms with Gasteiger partial charge in [-0.05, 0) is 74.5 Å². The highest BCUT2D eigenvalue weighted by molar-refractivity contribution is 6.03. The van der Waals surface area contributed by atoms with E-state index in [1.165, 1.54) is 12.8 Å². The van der Waals surface area contributed by atoms with Crippen molar-refractivity contribution < 1.29 is 14.6 Å². The summed E-state index contributed by atoms with van der Waals surface area (Å²) in [6.45, 7) is 4.90. The summed E-state index contributed by atoms with van der Waals surface area (Å²) < 4.78 is 6.06. The monoisotopic (exact) mass is 457 g/mol. The Morgan fingerprint density at radius 3 is 2.62 bits per heavy atom. The number of allylic oxidation sites excluding steroid dienone is 2. The van der Waals surface area contributed by atoms with Crippen molar-refractivity contribution in [3.63, 3.8) is 0 Å². The second-order valence-corrected chi connectivity index (χ2v) is 9.34. The number of hydrogen-bond donors (Lipinski definition) is 3. The average molecular weight is 458 g/mol. The van der Waals surface area contributed by atoms with Crippen molar-refractivity contribution >= 4 is 11.8 Å². The number of piperidine rings is 1. The molecule has 6 heteroatoms. The first-order chi connectivity index (χ1) is 16.6. The van der Waals surface area contributed by atoms with Gasteiger partial charge in [0.25, 0.3) is 0 Å². The Bertz CT molecular complexity index is 1140. The largest absolute Gasteiger partial charge is 0.494 e. The molecule has 0 aromatic heterocycles. The van der Waals surface area contributed by atoms with Crippen LogP contribution in [0.15, 0.2) is 76.8 Å². The molecule has 0 spiro atoms. The number of amidine groups is 1. The first kappa shape index (κ1) is 22.4. The minimum Gasteiger partial charge on any atom is -0.494 e. The number of carboxylic acid groups (broad SMARTS) is 1. The molecule has 0 bridgehead atoms. The zero-order valence-corrected chi connectivity index (χ0v) is 19.5. The average Bonchev–Trinajstić information content (AvgIpc) is 3.28. The third kappa shape index (κ3) is 4.92. The molecule has 2 aromatic rings. The Morgan fingerprint density at radius 1 is 1.09 bits per heavy atom. The van der Waals surface area contributed by atoms with Gasteiger partial charge in [-0.1, -0.05) is 48.0 Å². The maximum absolute atomic E-state index is 11.7. The molecule has 2 aliphatic heterocycles. The fourth-order valence-corrected chi connectivity index (χ4v) is 4.99. The standard InChI is InChI=1S/C28H31N3O3/c1-18-15-24(28(32)33)26-25(16-18)30-27(31-26)21-7-5-20(6-8-21)22-3-2-4-23(17-22)34-14-11-19-9-12-29-13-10-19/h2-8,15-17,19,25-26,29H,9-14H2,1H3,(H,30,31)(H,32,33). The van der Waals surface area contributed by atoms with Crippen LogP contribution >= 0.6 is 0 Å². The number of ether oxygens (including phenoxy) is 1. The number of rotatable bonds is 7. The van der Waals surface area contributed by atoms with Crippen molar-refractivity contribution in [2.45, 2.75) is 38.3 Å². The zero-order valence-electron chi connectivity index (χ0n) is 19.5. The molecular weight excluding hydrogens is 426 g/mol. The molecule has 1 fully saturated rings. The highest BCUT2D eigenvalue weighted by Gasteiger charge is 2.35. The fourth-order valence-electron chi connectivity index (χ4n) is 4.99. The summed E-state index contributed by atoms with van der Waals surface area (Å²) in [5.41, 5.74) is 4.44. The molecule has 6 nitrogen and oxygen atoms in total. The van der Waals surface area contributed by atoms with Gasteiger partial charge in [0.15, 0.2) is 0 Å². The number of fused-ring (bicyclic) bond motifs is 1. The summed E-state index contributed by atoms with van der Waals surface area (Å²) in [5, 5.41) is 16.3. The van der Waals surface area contributed by atoms with Crippen LogP contribution in [0.4, 0.5) is 0 Å². The van der Waals surface area contributed by atoms with Crippen LogP contribution in [0.3, 0.4) is 0 Å². The number of aliphatic carboxylic acids is 1. The van der Waals surface area contributed by atoms with Crippen LogP contribution < -0.4 is 15.4 Å². The molecule has 34 heavy (non-hydrogen) atoms. The number of nitrogens with zero attached hydrogens (tertiary/aromatic N) is 1. The van der Waals surface area contributed by atoms with Crippen molar-refractivity contribution in [2.24, 2.45) is 10.9 Å². The number of aliphatic imine (C=N–C) groups is 1. The highest BCUT2D eigenvalue weighted by Crippen LogP contribution is 2.28. The SMILES string of the molecule is CC1=CC2N=C(c3ccc(-c4cccc(OCCC5CCNCC5)c4)cc3)NC2C(C(=O)O)=C1. The second-order valence-electron chi connectivity index (χ2n) is 9.34. The Hall–Kier alpha value is -3.38. The molecule has 176 valence electrons. The highest BCUT2D eigenvalue weighted by atomic mass is 16.5. The van der Waals surface area contributed by atoms with Gasteiger partial charge in [0.2, 0.25) is 0 Å². The molecule has 3 N–H and O–H groups in total. The maximum Gasteiger partial charge on any atom is 0.333 e. The molecule has 0 amide bonds.